The highest BCUT2D eigenvalue weighted by atomic mass is 32.2. The average Bonchev–Trinajstić information content (AvgIpc) is 2.75. The predicted octanol–water partition coefficient (Wildman–Crippen LogP) is 5.20. The number of rotatable bonds is 13. The van der Waals surface area contributed by atoms with Gasteiger partial charge in [0.05, 0.1) is 17.5 Å². The number of nitrogens with one attached hydrogen (secondary N) is 2. The van der Waals surface area contributed by atoms with Crippen LogP contribution in [0.2, 0.25) is 0 Å². The highest BCUT2D eigenvalue weighted by molar-refractivity contribution is 7.89. The van der Waals surface area contributed by atoms with Crippen LogP contribution >= 0.6 is 0 Å². The molecule has 29 heavy (non-hydrogen) atoms. The number of anilines is 1. The van der Waals surface area contributed by atoms with Crippen LogP contribution in [-0.4, -0.2) is 27.6 Å². The molecule has 0 aromatic heterocycles. The molecule has 0 bridgehead atoms. The van der Waals surface area contributed by atoms with E-state index in [9.17, 15) is 8.42 Å². The smallest absolute Gasteiger partial charge is 0.241 e. The summed E-state index contributed by atoms with van der Waals surface area (Å²) in [6.45, 7) is 4.80. The van der Waals surface area contributed by atoms with Crippen LogP contribution in [0.15, 0.2) is 59.5 Å². The standard InChI is InChI=1S/C23H34N2O3S/c1-4-6-16-23(17-7-5-2,19-24-20-12-9-8-10-13-20)25-29(26,27)22-15-11-14-21(18-22)28-3/h8-15,18,24-25H,4-7,16-17,19H2,1-3H3. The van der Waals surface area contributed by atoms with Gasteiger partial charge in [0.1, 0.15) is 5.75 Å². The van der Waals surface area contributed by atoms with Crippen LogP contribution in [-0.2, 0) is 10.0 Å². The van der Waals surface area contributed by atoms with E-state index in [0.717, 1.165) is 44.2 Å². The Morgan fingerprint density at radius 3 is 2.17 bits per heavy atom. The summed E-state index contributed by atoms with van der Waals surface area (Å²) >= 11 is 0. The number of para-hydroxylation sites is 1. The number of benzene rings is 2. The van der Waals surface area contributed by atoms with Crippen molar-refractivity contribution in [1.29, 1.82) is 0 Å². The molecule has 2 N–H and O–H groups in total. The van der Waals surface area contributed by atoms with E-state index in [4.69, 9.17) is 4.74 Å². The first-order valence-corrected chi connectivity index (χ1v) is 11.9. The van der Waals surface area contributed by atoms with Crippen LogP contribution < -0.4 is 14.8 Å². The van der Waals surface area contributed by atoms with E-state index in [2.05, 4.69) is 23.9 Å². The molecule has 0 unspecified atom stereocenters. The number of hydrogen-bond donors (Lipinski definition) is 2. The Hall–Kier alpha value is -2.05. The summed E-state index contributed by atoms with van der Waals surface area (Å²) in [5.74, 6) is 0.531. The normalized spacial score (nSPS) is 12.0. The maximum absolute atomic E-state index is 13.3. The molecule has 0 heterocycles. The van der Waals surface area contributed by atoms with E-state index in [0.29, 0.717) is 12.3 Å². The summed E-state index contributed by atoms with van der Waals surface area (Å²) < 4.78 is 34.8. The van der Waals surface area contributed by atoms with E-state index in [1.54, 1.807) is 24.3 Å². The molecule has 0 saturated heterocycles. The van der Waals surface area contributed by atoms with Gasteiger partial charge in [-0.2, -0.15) is 0 Å². The zero-order valence-corrected chi connectivity index (χ0v) is 18.6. The second-order valence-electron chi connectivity index (χ2n) is 7.49. The van der Waals surface area contributed by atoms with Crippen molar-refractivity contribution in [3.8, 4) is 5.75 Å². The minimum Gasteiger partial charge on any atom is -0.497 e. The fourth-order valence-corrected chi connectivity index (χ4v) is 4.90. The van der Waals surface area contributed by atoms with Gasteiger partial charge in [0, 0.05) is 18.3 Å². The summed E-state index contributed by atoms with van der Waals surface area (Å²) in [5, 5.41) is 3.45. The van der Waals surface area contributed by atoms with Gasteiger partial charge in [-0.25, -0.2) is 13.1 Å². The molecule has 0 aliphatic rings. The van der Waals surface area contributed by atoms with Crippen molar-refractivity contribution in [1.82, 2.24) is 4.72 Å². The Labute approximate surface area is 175 Å². The third-order valence-electron chi connectivity index (χ3n) is 5.12. The van der Waals surface area contributed by atoms with Crippen LogP contribution in [0.1, 0.15) is 52.4 Å². The van der Waals surface area contributed by atoms with Gasteiger partial charge in [-0.1, -0.05) is 63.8 Å². The van der Waals surface area contributed by atoms with Gasteiger partial charge in [-0.05, 0) is 37.1 Å². The minimum atomic E-state index is -3.69. The highest BCUT2D eigenvalue weighted by Crippen LogP contribution is 2.27. The fourth-order valence-electron chi connectivity index (χ4n) is 3.41. The molecular weight excluding hydrogens is 384 g/mol. The van der Waals surface area contributed by atoms with Crippen LogP contribution in [0.5, 0.6) is 5.75 Å². The Kier molecular flexibility index (Phi) is 8.99. The lowest BCUT2D eigenvalue weighted by molar-refractivity contribution is 0.326. The monoisotopic (exact) mass is 418 g/mol. The predicted molar refractivity (Wildman–Crippen MR) is 120 cm³/mol. The third kappa shape index (κ3) is 7.05. The fraction of sp³-hybridized carbons (Fsp3) is 0.478. The lowest BCUT2D eigenvalue weighted by Crippen LogP contribution is -2.53. The lowest BCUT2D eigenvalue weighted by atomic mass is 9.88. The minimum absolute atomic E-state index is 0.230. The first-order chi connectivity index (χ1) is 13.9. The maximum Gasteiger partial charge on any atom is 0.241 e. The topological polar surface area (TPSA) is 67.4 Å². The van der Waals surface area contributed by atoms with E-state index in [1.165, 1.54) is 7.11 Å². The molecule has 0 spiro atoms. The molecule has 2 aromatic rings. The SMILES string of the molecule is CCCCC(CCCC)(CNc1ccccc1)NS(=O)(=O)c1cccc(OC)c1. The van der Waals surface area contributed by atoms with Crippen molar-refractivity contribution >= 4 is 15.7 Å². The first-order valence-electron chi connectivity index (χ1n) is 10.4. The van der Waals surface area contributed by atoms with Crippen molar-refractivity contribution in [2.45, 2.75) is 62.8 Å². The molecule has 2 rings (SSSR count). The van der Waals surface area contributed by atoms with Crippen LogP contribution in [0.3, 0.4) is 0 Å². The quantitative estimate of drug-likeness (QED) is 0.469. The zero-order chi connectivity index (χ0) is 21.2. The second-order valence-corrected chi connectivity index (χ2v) is 9.17. The van der Waals surface area contributed by atoms with Gasteiger partial charge < -0.3 is 10.1 Å². The molecule has 6 heteroatoms. The van der Waals surface area contributed by atoms with Gasteiger partial charge in [-0.3, -0.25) is 0 Å². The Morgan fingerprint density at radius 2 is 1.59 bits per heavy atom. The summed E-state index contributed by atoms with van der Waals surface area (Å²) in [5.41, 5.74) is 0.439. The summed E-state index contributed by atoms with van der Waals surface area (Å²) in [6, 6.07) is 16.6. The van der Waals surface area contributed by atoms with Crippen molar-refractivity contribution in [3.05, 3.63) is 54.6 Å². The molecule has 0 radical (unpaired) electrons. The molecule has 5 nitrogen and oxygen atoms in total. The van der Waals surface area contributed by atoms with Gasteiger partial charge in [-0.15, -0.1) is 0 Å². The first kappa shape index (κ1) is 23.2. The summed E-state index contributed by atoms with van der Waals surface area (Å²) in [4.78, 5) is 0.230. The number of methoxy groups -OCH3 is 1. The van der Waals surface area contributed by atoms with Gasteiger partial charge >= 0.3 is 0 Å². The molecule has 0 aliphatic heterocycles. The molecule has 0 fully saturated rings. The van der Waals surface area contributed by atoms with E-state index in [-0.39, 0.29) is 4.90 Å². The van der Waals surface area contributed by atoms with Gasteiger partial charge in [0.2, 0.25) is 10.0 Å². The molecular formula is C23H34N2O3S. The van der Waals surface area contributed by atoms with Crippen molar-refractivity contribution in [2.75, 3.05) is 19.0 Å². The van der Waals surface area contributed by atoms with Crippen LogP contribution in [0.4, 0.5) is 5.69 Å². The molecule has 0 atom stereocenters. The van der Waals surface area contributed by atoms with E-state index < -0.39 is 15.6 Å². The number of sulfonamides is 1. The van der Waals surface area contributed by atoms with Crippen LogP contribution in [0.25, 0.3) is 0 Å². The lowest BCUT2D eigenvalue weighted by Gasteiger charge is -2.35. The number of hydrogen-bond acceptors (Lipinski definition) is 4. The number of ether oxygens (including phenoxy) is 1. The maximum atomic E-state index is 13.3. The second kappa shape index (κ2) is 11.2. The summed E-state index contributed by atoms with van der Waals surface area (Å²) in [7, 11) is -2.15. The molecule has 0 saturated carbocycles. The van der Waals surface area contributed by atoms with E-state index in [1.807, 2.05) is 30.3 Å². The van der Waals surface area contributed by atoms with Crippen LogP contribution in [0, 0.1) is 0 Å². The Bertz CT molecular complexity index is 830. The number of unbranched alkanes of at least 4 members (excludes halogenated alkanes) is 2. The molecule has 0 aliphatic carbocycles. The third-order valence-corrected chi connectivity index (χ3v) is 6.70. The van der Waals surface area contributed by atoms with Crippen molar-refractivity contribution in [3.63, 3.8) is 0 Å². The van der Waals surface area contributed by atoms with E-state index >= 15 is 0 Å². The largest absolute Gasteiger partial charge is 0.497 e. The van der Waals surface area contributed by atoms with Gasteiger partial charge in [0.15, 0.2) is 0 Å². The molecule has 160 valence electrons. The van der Waals surface area contributed by atoms with Crippen molar-refractivity contribution in [2.24, 2.45) is 0 Å². The average molecular weight is 419 g/mol. The zero-order valence-electron chi connectivity index (χ0n) is 17.8. The highest BCUT2D eigenvalue weighted by Gasteiger charge is 2.34. The molecule has 2 aromatic carbocycles. The summed E-state index contributed by atoms with van der Waals surface area (Å²) in [6.07, 6.45) is 5.51. The Morgan fingerprint density at radius 1 is 0.931 bits per heavy atom. The Balaban J connectivity index is 2.32. The molecule has 0 amide bonds. The van der Waals surface area contributed by atoms with Gasteiger partial charge in [0.25, 0.3) is 0 Å². The van der Waals surface area contributed by atoms with Crippen molar-refractivity contribution < 1.29 is 13.2 Å².